The van der Waals surface area contributed by atoms with Gasteiger partial charge in [0.1, 0.15) is 0 Å². The second-order valence-electron chi connectivity index (χ2n) is 4.02. The molecular weight excluding hydrogens is 152 g/mol. The van der Waals surface area contributed by atoms with E-state index in [0.717, 1.165) is 0 Å². The van der Waals surface area contributed by atoms with Gasteiger partial charge in [0.15, 0.2) is 6.29 Å². The van der Waals surface area contributed by atoms with Crippen molar-refractivity contribution in [2.75, 3.05) is 7.11 Å². The summed E-state index contributed by atoms with van der Waals surface area (Å²) < 4.78 is 11.0. The van der Waals surface area contributed by atoms with Crippen LogP contribution >= 0.6 is 0 Å². The molecule has 1 aliphatic heterocycles. The molecule has 2 heteroatoms. The molecule has 0 aromatic carbocycles. The van der Waals surface area contributed by atoms with Crippen LogP contribution in [0.4, 0.5) is 0 Å². The van der Waals surface area contributed by atoms with E-state index < -0.39 is 0 Å². The van der Waals surface area contributed by atoms with E-state index in [1.54, 1.807) is 7.11 Å². The van der Waals surface area contributed by atoms with Gasteiger partial charge in [-0.25, -0.2) is 0 Å². The molecule has 5 atom stereocenters. The average molecular weight is 172 g/mol. The van der Waals surface area contributed by atoms with E-state index in [1.165, 1.54) is 0 Å². The van der Waals surface area contributed by atoms with Crippen molar-refractivity contribution in [3.63, 3.8) is 0 Å². The van der Waals surface area contributed by atoms with Gasteiger partial charge in [-0.15, -0.1) is 0 Å². The Hall–Kier alpha value is -0.0800. The molecule has 1 rings (SSSR count). The lowest BCUT2D eigenvalue weighted by Crippen LogP contribution is -2.44. The minimum absolute atomic E-state index is 0.00815. The topological polar surface area (TPSA) is 18.5 Å². The van der Waals surface area contributed by atoms with E-state index in [2.05, 4.69) is 27.7 Å². The lowest BCUT2D eigenvalue weighted by Gasteiger charge is -2.41. The molecule has 0 aromatic heterocycles. The van der Waals surface area contributed by atoms with E-state index in [-0.39, 0.29) is 6.29 Å². The fourth-order valence-electron chi connectivity index (χ4n) is 1.88. The van der Waals surface area contributed by atoms with Crippen LogP contribution in [0.1, 0.15) is 27.7 Å². The molecule has 0 amide bonds. The lowest BCUT2D eigenvalue weighted by molar-refractivity contribution is -0.232. The first-order valence-corrected chi connectivity index (χ1v) is 4.76. The molecule has 2 nitrogen and oxygen atoms in total. The second kappa shape index (κ2) is 3.75. The highest BCUT2D eigenvalue weighted by Gasteiger charge is 2.36. The quantitative estimate of drug-likeness (QED) is 0.604. The van der Waals surface area contributed by atoms with E-state index in [9.17, 15) is 0 Å². The number of hydrogen-bond acceptors (Lipinski definition) is 2. The van der Waals surface area contributed by atoms with Gasteiger partial charge in [-0.1, -0.05) is 20.8 Å². The molecular formula is C10H20O2. The summed E-state index contributed by atoms with van der Waals surface area (Å²) in [5.74, 6) is 1.81. The van der Waals surface area contributed by atoms with Crippen molar-refractivity contribution in [3.8, 4) is 0 Å². The van der Waals surface area contributed by atoms with Gasteiger partial charge in [0.2, 0.25) is 0 Å². The van der Waals surface area contributed by atoms with Crippen molar-refractivity contribution in [2.24, 2.45) is 17.8 Å². The molecule has 0 radical (unpaired) electrons. The van der Waals surface area contributed by atoms with Crippen LogP contribution in [0.3, 0.4) is 0 Å². The third-order valence-electron chi connectivity index (χ3n) is 3.41. The maximum Gasteiger partial charge on any atom is 0.160 e. The highest BCUT2D eigenvalue weighted by Crippen LogP contribution is 2.34. The van der Waals surface area contributed by atoms with Crippen LogP contribution in [0.15, 0.2) is 0 Å². The molecule has 0 unspecified atom stereocenters. The van der Waals surface area contributed by atoms with Crippen molar-refractivity contribution >= 4 is 0 Å². The normalized spacial score (nSPS) is 49.2. The Kier molecular flexibility index (Phi) is 3.13. The molecule has 0 N–H and O–H groups in total. The summed E-state index contributed by atoms with van der Waals surface area (Å²) >= 11 is 0. The SMILES string of the molecule is CO[C@H]1O[C@@H](C)[C@@H](C)[C@@H](C)[C@H]1C. The first-order chi connectivity index (χ1) is 5.57. The Morgan fingerprint density at radius 3 is 2.00 bits per heavy atom. The number of hydrogen-bond donors (Lipinski definition) is 0. The molecule has 72 valence electrons. The molecule has 0 aromatic rings. The molecule has 1 aliphatic rings. The highest BCUT2D eigenvalue weighted by atomic mass is 16.7. The van der Waals surface area contributed by atoms with Crippen molar-refractivity contribution in [1.82, 2.24) is 0 Å². The Bertz CT molecular complexity index is 142. The first kappa shape index (κ1) is 10.0. The molecule has 0 spiro atoms. The van der Waals surface area contributed by atoms with Crippen LogP contribution in [0.5, 0.6) is 0 Å². The van der Waals surface area contributed by atoms with Gasteiger partial charge in [0.05, 0.1) is 6.10 Å². The molecule has 0 bridgehead atoms. The maximum absolute atomic E-state index is 5.71. The zero-order valence-corrected chi connectivity index (χ0v) is 8.70. The smallest absolute Gasteiger partial charge is 0.160 e. The summed E-state index contributed by atoms with van der Waals surface area (Å²) in [5.41, 5.74) is 0. The molecule has 1 heterocycles. The van der Waals surface area contributed by atoms with Gasteiger partial charge in [0, 0.05) is 13.0 Å². The van der Waals surface area contributed by atoms with Crippen LogP contribution in [0, 0.1) is 17.8 Å². The molecule has 1 fully saturated rings. The largest absolute Gasteiger partial charge is 0.356 e. The van der Waals surface area contributed by atoms with Crippen molar-refractivity contribution in [2.45, 2.75) is 40.1 Å². The number of methoxy groups -OCH3 is 1. The van der Waals surface area contributed by atoms with Crippen molar-refractivity contribution in [1.29, 1.82) is 0 Å². The minimum Gasteiger partial charge on any atom is -0.356 e. The summed E-state index contributed by atoms with van der Waals surface area (Å²) in [6.45, 7) is 8.85. The predicted molar refractivity (Wildman–Crippen MR) is 48.8 cm³/mol. The molecule has 1 saturated heterocycles. The summed E-state index contributed by atoms with van der Waals surface area (Å²) in [6, 6.07) is 0. The van der Waals surface area contributed by atoms with Gasteiger partial charge >= 0.3 is 0 Å². The minimum atomic E-state index is -0.00815. The van der Waals surface area contributed by atoms with E-state index in [1.807, 2.05) is 0 Å². The fraction of sp³-hybridized carbons (Fsp3) is 1.00. The standard InChI is InChI=1S/C10H20O2/c1-6-7(2)9(4)12-10(11-5)8(6)3/h6-10H,1-5H3/t6-,7+,8-,9+,10+/m1/s1. The third kappa shape index (κ3) is 1.64. The molecule has 0 aliphatic carbocycles. The fourth-order valence-corrected chi connectivity index (χ4v) is 1.88. The number of ether oxygens (including phenoxy) is 2. The lowest BCUT2D eigenvalue weighted by atomic mass is 9.79. The van der Waals surface area contributed by atoms with Crippen LogP contribution in [-0.2, 0) is 9.47 Å². The summed E-state index contributed by atoms with van der Waals surface area (Å²) in [6.07, 6.45) is 0.312. The molecule has 12 heavy (non-hydrogen) atoms. The zero-order valence-electron chi connectivity index (χ0n) is 8.70. The van der Waals surface area contributed by atoms with Gasteiger partial charge < -0.3 is 9.47 Å². The van der Waals surface area contributed by atoms with Crippen LogP contribution < -0.4 is 0 Å². The zero-order chi connectivity index (χ0) is 9.30. The van der Waals surface area contributed by atoms with E-state index >= 15 is 0 Å². The number of rotatable bonds is 1. The summed E-state index contributed by atoms with van der Waals surface area (Å²) in [7, 11) is 1.72. The molecule has 0 saturated carbocycles. The van der Waals surface area contributed by atoms with E-state index in [4.69, 9.17) is 9.47 Å². The Balaban J connectivity index is 2.63. The average Bonchev–Trinajstić information content (AvgIpc) is 2.08. The first-order valence-electron chi connectivity index (χ1n) is 4.76. The van der Waals surface area contributed by atoms with Gasteiger partial charge in [-0.2, -0.15) is 0 Å². The van der Waals surface area contributed by atoms with Gasteiger partial charge in [0.25, 0.3) is 0 Å². The predicted octanol–water partition coefficient (Wildman–Crippen LogP) is 2.29. The van der Waals surface area contributed by atoms with E-state index in [0.29, 0.717) is 23.9 Å². The third-order valence-corrected chi connectivity index (χ3v) is 3.41. The maximum atomic E-state index is 5.71. The Morgan fingerprint density at radius 2 is 1.50 bits per heavy atom. The van der Waals surface area contributed by atoms with Crippen molar-refractivity contribution in [3.05, 3.63) is 0 Å². The van der Waals surface area contributed by atoms with Crippen LogP contribution in [0.25, 0.3) is 0 Å². The van der Waals surface area contributed by atoms with Crippen LogP contribution in [-0.4, -0.2) is 19.5 Å². The second-order valence-corrected chi connectivity index (χ2v) is 4.02. The summed E-state index contributed by atoms with van der Waals surface area (Å²) in [5, 5.41) is 0. The van der Waals surface area contributed by atoms with Gasteiger partial charge in [-0.3, -0.25) is 0 Å². The van der Waals surface area contributed by atoms with Gasteiger partial charge in [-0.05, 0) is 18.8 Å². The Labute approximate surface area is 75.2 Å². The van der Waals surface area contributed by atoms with Crippen LogP contribution in [0.2, 0.25) is 0 Å². The van der Waals surface area contributed by atoms with Crippen molar-refractivity contribution < 1.29 is 9.47 Å². The summed E-state index contributed by atoms with van der Waals surface area (Å²) in [4.78, 5) is 0. The highest BCUT2D eigenvalue weighted by molar-refractivity contribution is 4.80. The Morgan fingerprint density at radius 1 is 0.917 bits per heavy atom. The monoisotopic (exact) mass is 172 g/mol.